The number of aryl methyl sites for hydroxylation is 1. The van der Waals surface area contributed by atoms with Gasteiger partial charge in [-0.15, -0.1) is 10.2 Å². The molecule has 3 rings (SSSR count). The van der Waals surface area contributed by atoms with E-state index in [1.165, 1.54) is 16.4 Å². The minimum Gasteiger partial charge on any atom is -0.469 e. The van der Waals surface area contributed by atoms with Crippen LogP contribution in [0.1, 0.15) is 23.5 Å². The Balaban J connectivity index is 1.87. The Bertz CT molecular complexity index is 798. The average Bonchev–Trinajstić information content (AvgIpc) is 3.06. The lowest BCUT2D eigenvalue weighted by atomic mass is 10.2. The average molecular weight is 335 g/mol. The lowest BCUT2D eigenvalue weighted by Crippen LogP contribution is -2.12. The van der Waals surface area contributed by atoms with Crippen LogP contribution in [0, 0.1) is 6.92 Å². The van der Waals surface area contributed by atoms with Crippen molar-refractivity contribution in [2.45, 2.75) is 24.3 Å². The predicted molar refractivity (Wildman–Crippen MR) is 88.3 cm³/mol. The van der Waals surface area contributed by atoms with Crippen molar-refractivity contribution in [1.82, 2.24) is 14.9 Å². The Labute approximate surface area is 137 Å². The van der Waals surface area contributed by atoms with Crippen LogP contribution in [0.4, 0.5) is 0 Å². The molecule has 0 aliphatic rings. The molecule has 0 saturated heterocycles. The third kappa shape index (κ3) is 2.71. The maximum atomic E-state index is 6.23. The van der Waals surface area contributed by atoms with E-state index >= 15 is 0 Å². The van der Waals surface area contributed by atoms with Gasteiger partial charge in [0.15, 0.2) is 5.82 Å². The van der Waals surface area contributed by atoms with Crippen molar-refractivity contribution < 1.29 is 4.42 Å². The molecule has 2 aromatic heterocycles. The maximum Gasteiger partial charge on any atom is 0.210 e. The van der Waals surface area contributed by atoms with Gasteiger partial charge in [-0.05, 0) is 31.5 Å². The van der Waals surface area contributed by atoms with E-state index in [-0.39, 0.29) is 5.25 Å². The molecule has 0 radical (unpaired) electrons. The molecule has 2 N–H and O–H groups in total. The summed E-state index contributed by atoms with van der Waals surface area (Å²) >= 11 is 7.74. The van der Waals surface area contributed by atoms with E-state index in [0.29, 0.717) is 11.0 Å². The summed E-state index contributed by atoms with van der Waals surface area (Å²) in [5.74, 6) is 7.47. The van der Waals surface area contributed by atoms with E-state index in [1.807, 2.05) is 37.3 Å². The van der Waals surface area contributed by atoms with Gasteiger partial charge in [0, 0.05) is 10.3 Å². The van der Waals surface area contributed by atoms with Crippen LogP contribution in [0.25, 0.3) is 11.4 Å². The summed E-state index contributed by atoms with van der Waals surface area (Å²) in [4.78, 5) is 0. The fraction of sp³-hybridized carbons (Fsp3) is 0.200. The smallest absolute Gasteiger partial charge is 0.210 e. The Morgan fingerprint density at radius 2 is 2.05 bits per heavy atom. The van der Waals surface area contributed by atoms with Crippen LogP contribution in [0.5, 0.6) is 0 Å². The van der Waals surface area contributed by atoms with Gasteiger partial charge in [-0.25, -0.2) is 4.68 Å². The van der Waals surface area contributed by atoms with Crippen LogP contribution in [-0.4, -0.2) is 14.9 Å². The van der Waals surface area contributed by atoms with Crippen LogP contribution in [0.2, 0.25) is 5.02 Å². The van der Waals surface area contributed by atoms with Crippen molar-refractivity contribution >= 4 is 23.4 Å². The molecule has 5 nitrogen and oxygen atoms in total. The lowest BCUT2D eigenvalue weighted by molar-refractivity contribution is 0.535. The molecule has 0 aliphatic heterocycles. The molecule has 1 unspecified atom stereocenters. The van der Waals surface area contributed by atoms with Crippen molar-refractivity contribution in [3.63, 3.8) is 0 Å². The third-order valence-electron chi connectivity index (χ3n) is 3.39. The molecule has 22 heavy (non-hydrogen) atoms. The van der Waals surface area contributed by atoms with Crippen molar-refractivity contribution in [3.8, 4) is 11.4 Å². The highest BCUT2D eigenvalue weighted by Crippen LogP contribution is 2.37. The standard InChI is InChI=1S/C15H15ClN4OS/c1-9-11(7-8-21-9)14-18-19-15(20(14)17)22-10(2)12-5-3-4-6-13(12)16/h3-8,10H,17H2,1-2H3. The molecule has 114 valence electrons. The number of halogens is 1. The highest BCUT2D eigenvalue weighted by molar-refractivity contribution is 7.99. The van der Waals surface area contributed by atoms with Crippen LogP contribution < -0.4 is 5.84 Å². The summed E-state index contributed by atoms with van der Waals surface area (Å²) < 4.78 is 6.77. The van der Waals surface area contributed by atoms with Gasteiger partial charge >= 0.3 is 0 Å². The Morgan fingerprint density at radius 1 is 1.27 bits per heavy atom. The van der Waals surface area contributed by atoms with Crippen LogP contribution in [0.3, 0.4) is 0 Å². The first kappa shape index (κ1) is 15.0. The van der Waals surface area contributed by atoms with E-state index in [1.54, 1.807) is 6.26 Å². The molecule has 0 bridgehead atoms. The maximum absolute atomic E-state index is 6.23. The van der Waals surface area contributed by atoms with E-state index in [4.69, 9.17) is 21.9 Å². The number of nitrogens with zero attached hydrogens (tertiary/aromatic N) is 3. The lowest BCUT2D eigenvalue weighted by Gasteiger charge is -2.12. The molecule has 2 heterocycles. The van der Waals surface area contributed by atoms with E-state index < -0.39 is 0 Å². The monoisotopic (exact) mass is 334 g/mol. The first-order chi connectivity index (χ1) is 10.6. The van der Waals surface area contributed by atoms with Gasteiger partial charge in [0.1, 0.15) is 5.76 Å². The second-order valence-electron chi connectivity index (χ2n) is 4.85. The quantitative estimate of drug-likeness (QED) is 0.575. The zero-order chi connectivity index (χ0) is 15.7. The first-order valence-electron chi connectivity index (χ1n) is 6.74. The number of hydrogen-bond donors (Lipinski definition) is 1. The van der Waals surface area contributed by atoms with Gasteiger partial charge in [-0.2, -0.15) is 0 Å². The molecule has 0 amide bonds. The van der Waals surface area contributed by atoms with Crippen molar-refractivity contribution in [2.75, 3.05) is 5.84 Å². The van der Waals surface area contributed by atoms with E-state index in [0.717, 1.165) is 21.9 Å². The predicted octanol–water partition coefficient (Wildman–Crippen LogP) is 4.07. The number of aromatic nitrogens is 3. The zero-order valence-electron chi connectivity index (χ0n) is 12.2. The summed E-state index contributed by atoms with van der Waals surface area (Å²) in [7, 11) is 0. The molecule has 0 fully saturated rings. The Hall–Kier alpha value is -1.92. The van der Waals surface area contributed by atoms with E-state index in [2.05, 4.69) is 17.1 Å². The molecular weight excluding hydrogens is 320 g/mol. The largest absolute Gasteiger partial charge is 0.469 e. The molecular formula is C15H15ClN4OS. The number of rotatable bonds is 4. The second-order valence-corrected chi connectivity index (χ2v) is 6.56. The van der Waals surface area contributed by atoms with Crippen LogP contribution >= 0.6 is 23.4 Å². The van der Waals surface area contributed by atoms with Crippen molar-refractivity contribution in [1.29, 1.82) is 0 Å². The van der Waals surface area contributed by atoms with Gasteiger partial charge in [0.25, 0.3) is 0 Å². The number of thioether (sulfide) groups is 1. The van der Waals surface area contributed by atoms with Gasteiger partial charge in [-0.3, -0.25) is 0 Å². The number of furan rings is 1. The third-order valence-corrected chi connectivity index (χ3v) is 4.83. The fourth-order valence-electron chi connectivity index (χ4n) is 2.18. The number of benzene rings is 1. The summed E-state index contributed by atoms with van der Waals surface area (Å²) in [6.45, 7) is 3.92. The molecule has 0 aliphatic carbocycles. The van der Waals surface area contributed by atoms with E-state index in [9.17, 15) is 0 Å². The minimum atomic E-state index is 0.110. The number of hydrogen-bond acceptors (Lipinski definition) is 5. The van der Waals surface area contributed by atoms with Crippen molar-refractivity contribution in [2.24, 2.45) is 0 Å². The summed E-state index contributed by atoms with van der Waals surface area (Å²) in [5.41, 5.74) is 1.88. The fourth-order valence-corrected chi connectivity index (χ4v) is 3.49. The number of nitrogen functional groups attached to an aromatic ring is 1. The first-order valence-corrected chi connectivity index (χ1v) is 7.99. The summed E-state index contributed by atoms with van der Waals surface area (Å²) in [6.07, 6.45) is 1.61. The van der Waals surface area contributed by atoms with Gasteiger partial charge in [-0.1, -0.05) is 41.6 Å². The van der Waals surface area contributed by atoms with Crippen LogP contribution in [0.15, 0.2) is 46.2 Å². The molecule has 7 heteroatoms. The van der Waals surface area contributed by atoms with Gasteiger partial charge in [0.05, 0.1) is 11.8 Å². The molecule has 1 aromatic carbocycles. The highest BCUT2D eigenvalue weighted by atomic mass is 35.5. The van der Waals surface area contributed by atoms with Crippen molar-refractivity contribution in [3.05, 3.63) is 52.9 Å². The summed E-state index contributed by atoms with van der Waals surface area (Å²) in [5, 5.41) is 9.81. The molecule has 0 spiro atoms. The zero-order valence-corrected chi connectivity index (χ0v) is 13.7. The Kier molecular flexibility index (Phi) is 4.13. The number of nitrogens with two attached hydrogens (primary N) is 1. The Morgan fingerprint density at radius 3 is 2.73 bits per heavy atom. The minimum absolute atomic E-state index is 0.110. The molecule has 3 aromatic rings. The highest BCUT2D eigenvalue weighted by Gasteiger charge is 2.19. The van der Waals surface area contributed by atoms with Crippen LogP contribution in [-0.2, 0) is 0 Å². The normalized spacial score (nSPS) is 12.5. The van der Waals surface area contributed by atoms with Gasteiger partial charge in [0.2, 0.25) is 5.16 Å². The second kappa shape index (κ2) is 6.06. The SMILES string of the molecule is Cc1occc1-c1nnc(SC(C)c2ccccc2Cl)n1N. The molecule has 1 atom stereocenters. The molecule has 0 saturated carbocycles. The summed E-state index contributed by atoms with van der Waals surface area (Å²) in [6, 6.07) is 9.58. The van der Waals surface area contributed by atoms with Gasteiger partial charge < -0.3 is 10.3 Å². The topological polar surface area (TPSA) is 69.9 Å².